The van der Waals surface area contributed by atoms with Gasteiger partial charge in [0.05, 0.1) is 16.4 Å². The highest BCUT2D eigenvalue weighted by Crippen LogP contribution is 2.59. The Morgan fingerprint density at radius 2 is 1.09 bits per heavy atom. The van der Waals surface area contributed by atoms with E-state index in [0.717, 1.165) is 23.5 Å². The van der Waals surface area contributed by atoms with Crippen LogP contribution in [0.25, 0.3) is 49.7 Å². The van der Waals surface area contributed by atoms with Gasteiger partial charge in [-0.25, -0.2) is 0 Å². The molecule has 2 heteroatoms. The Hall–Kier alpha value is -7.16. The molecule has 0 spiro atoms. The van der Waals surface area contributed by atoms with E-state index < -0.39 is 0 Å². The van der Waals surface area contributed by atoms with Crippen LogP contribution >= 0.6 is 0 Å². The van der Waals surface area contributed by atoms with Crippen molar-refractivity contribution in [2.24, 2.45) is 5.92 Å². The Labute approximate surface area is 333 Å². The van der Waals surface area contributed by atoms with E-state index in [-0.39, 0.29) is 11.3 Å². The van der Waals surface area contributed by atoms with E-state index in [4.69, 9.17) is 0 Å². The fraction of sp³-hybridized carbons (Fsp3) is 0.0545. The van der Waals surface area contributed by atoms with Crippen molar-refractivity contribution in [3.8, 4) is 27.9 Å². The third-order valence-electron chi connectivity index (χ3n) is 12.3. The molecule has 0 saturated heterocycles. The minimum atomic E-state index is -0.334. The van der Waals surface area contributed by atoms with E-state index in [1.54, 1.807) is 0 Å². The molecule has 2 unspecified atom stereocenters. The van der Waals surface area contributed by atoms with Gasteiger partial charge in [-0.1, -0.05) is 158 Å². The maximum Gasteiger partial charge on any atom is 0.0541 e. The van der Waals surface area contributed by atoms with Crippen molar-refractivity contribution in [3.63, 3.8) is 0 Å². The molecule has 270 valence electrons. The van der Waals surface area contributed by atoms with Crippen LogP contribution in [-0.2, 0) is 5.41 Å². The summed E-state index contributed by atoms with van der Waals surface area (Å²) in [6, 6.07) is 73.6. The first-order chi connectivity index (χ1) is 28.3. The number of rotatable bonds is 7. The Balaban J connectivity index is 1.04. The second-order valence-corrected chi connectivity index (χ2v) is 15.2. The van der Waals surface area contributed by atoms with Gasteiger partial charge in [0.1, 0.15) is 0 Å². The molecule has 0 N–H and O–H groups in total. The summed E-state index contributed by atoms with van der Waals surface area (Å²) < 4.78 is 2.37. The zero-order valence-corrected chi connectivity index (χ0v) is 31.5. The van der Waals surface area contributed by atoms with Gasteiger partial charge in [-0.3, -0.25) is 0 Å². The lowest BCUT2D eigenvalue weighted by atomic mass is 9.62. The maximum absolute atomic E-state index is 2.48. The third-order valence-corrected chi connectivity index (χ3v) is 12.3. The number of para-hydroxylation sites is 3. The molecule has 0 radical (unpaired) electrons. The zero-order valence-electron chi connectivity index (χ0n) is 31.5. The smallest absolute Gasteiger partial charge is 0.0541 e. The van der Waals surface area contributed by atoms with Crippen LogP contribution in [-0.4, -0.2) is 4.57 Å². The number of anilines is 3. The number of benzene rings is 8. The van der Waals surface area contributed by atoms with Crippen LogP contribution in [0.1, 0.15) is 23.1 Å². The predicted molar refractivity (Wildman–Crippen MR) is 239 cm³/mol. The van der Waals surface area contributed by atoms with Crippen LogP contribution < -0.4 is 4.90 Å². The number of hydrogen-bond donors (Lipinski definition) is 0. The predicted octanol–water partition coefficient (Wildman–Crippen LogP) is 14.4. The molecular formula is C55H40N2. The Morgan fingerprint density at radius 3 is 1.88 bits per heavy atom. The Bertz CT molecular complexity index is 2970. The molecule has 0 bridgehead atoms. The Morgan fingerprint density at radius 1 is 0.456 bits per heavy atom. The normalized spacial score (nSPS) is 16.8. The second kappa shape index (κ2) is 13.5. The van der Waals surface area contributed by atoms with Crippen LogP contribution in [0.4, 0.5) is 17.1 Å². The van der Waals surface area contributed by atoms with Gasteiger partial charge < -0.3 is 9.47 Å². The molecule has 1 heterocycles. The molecule has 0 amide bonds. The number of allylic oxidation sites excluding steroid dienone is 4. The number of nitrogens with zero attached hydrogens (tertiary/aromatic N) is 2. The third kappa shape index (κ3) is 5.25. The number of hydrogen-bond acceptors (Lipinski definition) is 1. The van der Waals surface area contributed by atoms with Crippen molar-refractivity contribution >= 4 is 38.9 Å². The highest BCUT2D eigenvalue weighted by molar-refractivity contribution is 6.10. The average molecular weight is 729 g/mol. The Kier molecular flexibility index (Phi) is 7.89. The zero-order chi connectivity index (χ0) is 37.8. The standard InChI is InChI=1S/C55H40N2/c1-5-17-41(18-6-1)55(42-19-7-2-8-20-42)51-27-15-13-25-47(51)48-35-34-46(38-52(48)55)56(43-21-9-3-10-22-43)45-32-29-39(30-33-45)40-31-36-54-50(37-40)49-26-14-16-28-53(49)57(54)44-23-11-4-12-24-44/h1-19,21-38,42H,20H2. The summed E-state index contributed by atoms with van der Waals surface area (Å²) in [5.74, 6) is 0.270. The topological polar surface area (TPSA) is 8.17 Å². The molecule has 8 aromatic carbocycles. The molecule has 11 rings (SSSR count). The molecular weight excluding hydrogens is 689 g/mol. The largest absolute Gasteiger partial charge is 0.310 e. The summed E-state index contributed by atoms with van der Waals surface area (Å²) in [4.78, 5) is 2.41. The summed E-state index contributed by atoms with van der Waals surface area (Å²) in [5.41, 5.74) is 15.8. The molecule has 0 fully saturated rings. The van der Waals surface area contributed by atoms with E-state index in [9.17, 15) is 0 Å². The van der Waals surface area contributed by atoms with Gasteiger partial charge >= 0.3 is 0 Å². The first-order valence-electron chi connectivity index (χ1n) is 20.0. The fourth-order valence-electron chi connectivity index (χ4n) is 9.80. The fourth-order valence-corrected chi connectivity index (χ4v) is 9.80. The first kappa shape index (κ1) is 33.2. The molecule has 0 saturated carbocycles. The van der Waals surface area contributed by atoms with E-state index in [1.165, 1.54) is 66.4 Å². The van der Waals surface area contributed by atoms with Gasteiger partial charge in [-0.15, -0.1) is 0 Å². The molecule has 1 aromatic heterocycles. The van der Waals surface area contributed by atoms with Gasteiger partial charge in [-0.2, -0.15) is 0 Å². The van der Waals surface area contributed by atoms with Crippen molar-refractivity contribution in [1.29, 1.82) is 0 Å². The number of aromatic nitrogens is 1. The summed E-state index contributed by atoms with van der Waals surface area (Å²) in [7, 11) is 0. The van der Waals surface area contributed by atoms with Crippen LogP contribution in [0.15, 0.2) is 224 Å². The molecule has 2 aliphatic rings. The lowest BCUT2D eigenvalue weighted by molar-refractivity contribution is 0.457. The molecule has 0 aliphatic heterocycles. The first-order valence-corrected chi connectivity index (χ1v) is 20.0. The summed E-state index contributed by atoms with van der Waals surface area (Å²) in [6.45, 7) is 0. The lowest BCUT2D eigenvalue weighted by Gasteiger charge is -2.40. The number of fused-ring (bicyclic) bond motifs is 6. The summed E-state index contributed by atoms with van der Waals surface area (Å²) >= 11 is 0. The molecule has 2 nitrogen and oxygen atoms in total. The summed E-state index contributed by atoms with van der Waals surface area (Å²) in [6.07, 6.45) is 10.2. The van der Waals surface area contributed by atoms with Gasteiger partial charge in [0, 0.05) is 33.5 Å². The summed E-state index contributed by atoms with van der Waals surface area (Å²) in [5, 5.41) is 2.52. The lowest BCUT2D eigenvalue weighted by Crippen LogP contribution is -2.35. The van der Waals surface area contributed by atoms with Crippen molar-refractivity contribution in [3.05, 3.63) is 241 Å². The van der Waals surface area contributed by atoms with Crippen molar-refractivity contribution in [1.82, 2.24) is 4.57 Å². The van der Waals surface area contributed by atoms with Gasteiger partial charge in [0.2, 0.25) is 0 Å². The maximum atomic E-state index is 2.48. The quantitative estimate of drug-likeness (QED) is 0.159. The molecule has 2 aliphatic carbocycles. The highest BCUT2D eigenvalue weighted by atomic mass is 15.1. The van der Waals surface area contributed by atoms with Crippen LogP contribution in [0.2, 0.25) is 0 Å². The van der Waals surface area contributed by atoms with Crippen LogP contribution in [0.5, 0.6) is 0 Å². The van der Waals surface area contributed by atoms with E-state index in [0.29, 0.717) is 0 Å². The van der Waals surface area contributed by atoms with Crippen molar-refractivity contribution in [2.45, 2.75) is 11.8 Å². The van der Waals surface area contributed by atoms with Crippen LogP contribution in [0.3, 0.4) is 0 Å². The monoisotopic (exact) mass is 728 g/mol. The minimum absolute atomic E-state index is 0.270. The molecule has 57 heavy (non-hydrogen) atoms. The van der Waals surface area contributed by atoms with Gasteiger partial charge in [-0.05, 0) is 118 Å². The van der Waals surface area contributed by atoms with Gasteiger partial charge in [0.25, 0.3) is 0 Å². The van der Waals surface area contributed by atoms with E-state index in [2.05, 4.69) is 234 Å². The van der Waals surface area contributed by atoms with Crippen molar-refractivity contribution < 1.29 is 0 Å². The molecule has 9 aromatic rings. The average Bonchev–Trinajstić information content (AvgIpc) is 3.78. The van der Waals surface area contributed by atoms with E-state index >= 15 is 0 Å². The van der Waals surface area contributed by atoms with Crippen molar-refractivity contribution in [2.75, 3.05) is 4.90 Å². The highest BCUT2D eigenvalue weighted by Gasteiger charge is 2.49. The molecule has 2 atom stereocenters. The SMILES string of the molecule is C1=CCC(C2(c3ccccc3)c3ccccc3-c3ccc(N(c4ccccc4)c4ccc(-c5ccc6c(c5)c5ccccc5n6-c5ccccc5)cc4)cc32)C=C1. The minimum Gasteiger partial charge on any atom is -0.310 e. The van der Waals surface area contributed by atoms with Gasteiger partial charge in [0.15, 0.2) is 0 Å². The second-order valence-electron chi connectivity index (χ2n) is 15.2. The van der Waals surface area contributed by atoms with E-state index in [1.807, 2.05) is 0 Å². The van der Waals surface area contributed by atoms with Crippen LogP contribution in [0, 0.1) is 5.92 Å².